The zero-order valence-electron chi connectivity index (χ0n) is 16.1. The van der Waals surface area contributed by atoms with E-state index in [0.717, 1.165) is 40.6 Å². The fourth-order valence-electron chi connectivity index (χ4n) is 4.04. The Morgan fingerprint density at radius 1 is 1.14 bits per heavy atom. The third-order valence-electron chi connectivity index (χ3n) is 5.74. The molecule has 1 unspecified atom stereocenters. The average molecular weight is 421 g/mol. The molecule has 0 spiro atoms. The van der Waals surface area contributed by atoms with Crippen molar-refractivity contribution in [1.82, 2.24) is 9.97 Å². The standard InChI is InChI=1S/C23H21N3OS2/c1-15(26-11-9-17(10-12-26)16-6-3-2-4-7-16)21-24-22(27)20-18(14-29-23(20)25-21)19-8-5-13-28-19/h2-9,13-15H,10-12H2,1H3,(H,24,25,27)/p+1/t15-/m1/s1. The van der Waals surface area contributed by atoms with E-state index in [4.69, 9.17) is 4.98 Å². The molecule has 0 saturated carbocycles. The lowest BCUT2D eigenvalue weighted by Gasteiger charge is -2.28. The number of hydrogen-bond donors (Lipinski definition) is 2. The SMILES string of the molecule is C[C@H](c1nc2scc(-c3cccs3)c2c(=O)[nH]1)[NH+]1CC=C(c2ccccc2)CC1. The zero-order valence-corrected chi connectivity index (χ0v) is 17.8. The van der Waals surface area contributed by atoms with Gasteiger partial charge in [-0.2, -0.15) is 0 Å². The van der Waals surface area contributed by atoms with Crippen LogP contribution in [-0.2, 0) is 0 Å². The quantitative estimate of drug-likeness (QED) is 0.521. The Hall–Kier alpha value is -2.54. The monoisotopic (exact) mass is 420 g/mol. The summed E-state index contributed by atoms with van der Waals surface area (Å²) in [5.41, 5.74) is 3.69. The maximum absolute atomic E-state index is 12.9. The van der Waals surface area contributed by atoms with Crippen LogP contribution in [0, 0.1) is 0 Å². The van der Waals surface area contributed by atoms with E-state index in [1.807, 2.05) is 11.4 Å². The molecule has 4 nitrogen and oxygen atoms in total. The number of aromatic nitrogens is 2. The Labute approximate surface area is 177 Å². The lowest BCUT2D eigenvalue weighted by molar-refractivity contribution is -0.925. The molecule has 1 aromatic carbocycles. The second-order valence-electron chi connectivity index (χ2n) is 7.44. The Balaban J connectivity index is 1.41. The van der Waals surface area contributed by atoms with Crippen LogP contribution < -0.4 is 10.5 Å². The molecule has 4 aromatic rings. The van der Waals surface area contributed by atoms with Gasteiger partial charge in [-0.05, 0) is 35.6 Å². The Morgan fingerprint density at radius 3 is 2.72 bits per heavy atom. The first kappa shape index (κ1) is 18.5. The van der Waals surface area contributed by atoms with Gasteiger partial charge in [-0.15, -0.1) is 22.7 Å². The van der Waals surface area contributed by atoms with Crippen molar-refractivity contribution in [2.24, 2.45) is 0 Å². The van der Waals surface area contributed by atoms with Crippen LogP contribution in [-0.4, -0.2) is 23.1 Å². The number of hydrogen-bond acceptors (Lipinski definition) is 4. The molecule has 0 fully saturated rings. The average Bonchev–Trinajstić information content (AvgIpc) is 3.44. The molecule has 29 heavy (non-hydrogen) atoms. The van der Waals surface area contributed by atoms with Crippen molar-refractivity contribution in [1.29, 1.82) is 0 Å². The third-order valence-corrected chi connectivity index (χ3v) is 7.52. The highest BCUT2D eigenvalue weighted by atomic mass is 32.1. The minimum Gasteiger partial charge on any atom is -0.323 e. The summed E-state index contributed by atoms with van der Waals surface area (Å²) in [4.78, 5) is 24.2. The topological polar surface area (TPSA) is 50.2 Å². The van der Waals surface area contributed by atoms with Crippen molar-refractivity contribution >= 4 is 38.5 Å². The molecule has 0 radical (unpaired) electrons. The van der Waals surface area contributed by atoms with Gasteiger partial charge in [0.05, 0.1) is 18.5 Å². The molecule has 3 aromatic heterocycles. The van der Waals surface area contributed by atoms with Crippen LogP contribution in [0.5, 0.6) is 0 Å². The summed E-state index contributed by atoms with van der Waals surface area (Å²) in [5.74, 6) is 0.786. The molecule has 6 heteroatoms. The first-order chi connectivity index (χ1) is 14.2. The fraction of sp³-hybridized carbons (Fsp3) is 0.217. The number of aromatic amines is 1. The van der Waals surface area contributed by atoms with E-state index in [1.165, 1.54) is 16.0 Å². The summed E-state index contributed by atoms with van der Waals surface area (Å²) in [7, 11) is 0. The summed E-state index contributed by atoms with van der Waals surface area (Å²) < 4.78 is 0. The van der Waals surface area contributed by atoms with E-state index in [1.54, 1.807) is 22.7 Å². The van der Waals surface area contributed by atoms with Gasteiger partial charge in [0.1, 0.15) is 10.9 Å². The summed E-state index contributed by atoms with van der Waals surface area (Å²) in [6, 6.07) is 14.8. The van der Waals surface area contributed by atoms with Crippen LogP contribution >= 0.6 is 22.7 Å². The van der Waals surface area contributed by atoms with Gasteiger partial charge in [0.15, 0.2) is 5.82 Å². The van der Waals surface area contributed by atoms with Crippen molar-refractivity contribution in [3.63, 3.8) is 0 Å². The van der Waals surface area contributed by atoms with Gasteiger partial charge in [0, 0.05) is 22.2 Å². The molecule has 0 aliphatic carbocycles. The minimum atomic E-state index is -0.0292. The van der Waals surface area contributed by atoms with Crippen molar-refractivity contribution in [3.8, 4) is 10.4 Å². The highest BCUT2D eigenvalue weighted by molar-refractivity contribution is 7.18. The molecule has 0 bridgehead atoms. The zero-order chi connectivity index (χ0) is 19.8. The smallest absolute Gasteiger partial charge is 0.260 e. The van der Waals surface area contributed by atoms with Crippen LogP contribution in [0.4, 0.5) is 0 Å². The van der Waals surface area contributed by atoms with Gasteiger partial charge in [0.25, 0.3) is 5.56 Å². The van der Waals surface area contributed by atoms with E-state index in [9.17, 15) is 4.79 Å². The summed E-state index contributed by atoms with van der Waals surface area (Å²) in [6.07, 6.45) is 3.37. The predicted octanol–water partition coefficient (Wildman–Crippen LogP) is 4.15. The van der Waals surface area contributed by atoms with E-state index < -0.39 is 0 Å². The number of fused-ring (bicyclic) bond motifs is 1. The highest BCUT2D eigenvalue weighted by Gasteiger charge is 2.26. The van der Waals surface area contributed by atoms with Crippen molar-refractivity contribution in [3.05, 3.63) is 81.0 Å². The first-order valence-electron chi connectivity index (χ1n) is 9.85. The molecular formula is C23H22N3OS2+. The number of quaternary nitrogens is 1. The van der Waals surface area contributed by atoms with Crippen LogP contribution in [0.15, 0.2) is 64.1 Å². The molecule has 2 N–H and O–H groups in total. The molecule has 146 valence electrons. The van der Waals surface area contributed by atoms with E-state index in [0.29, 0.717) is 5.39 Å². The number of nitrogens with one attached hydrogen (secondary N) is 2. The first-order valence-corrected chi connectivity index (χ1v) is 11.6. The lowest BCUT2D eigenvalue weighted by Crippen LogP contribution is -3.12. The fourth-order valence-corrected chi connectivity index (χ4v) is 5.81. The van der Waals surface area contributed by atoms with Gasteiger partial charge in [-0.25, -0.2) is 4.98 Å². The summed E-state index contributed by atoms with van der Waals surface area (Å²) in [6.45, 7) is 4.14. The summed E-state index contributed by atoms with van der Waals surface area (Å²) >= 11 is 3.21. The van der Waals surface area contributed by atoms with Gasteiger partial charge < -0.3 is 9.88 Å². The van der Waals surface area contributed by atoms with E-state index in [-0.39, 0.29) is 11.6 Å². The molecule has 4 heterocycles. The molecule has 1 aliphatic rings. The normalized spacial score (nSPS) is 18.0. The Kier molecular flexibility index (Phi) is 4.91. The highest BCUT2D eigenvalue weighted by Crippen LogP contribution is 2.33. The maximum Gasteiger partial charge on any atom is 0.260 e. The van der Waals surface area contributed by atoms with E-state index in [2.05, 4.69) is 59.8 Å². The number of nitrogens with zero attached hydrogens (tertiary/aromatic N) is 1. The minimum absolute atomic E-state index is 0.0292. The van der Waals surface area contributed by atoms with Gasteiger partial charge in [-0.1, -0.05) is 36.4 Å². The van der Waals surface area contributed by atoms with Crippen molar-refractivity contribution in [2.75, 3.05) is 13.1 Å². The van der Waals surface area contributed by atoms with Crippen molar-refractivity contribution < 1.29 is 4.90 Å². The number of thiophene rings is 2. The maximum atomic E-state index is 12.9. The van der Waals surface area contributed by atoms with Crippen LogP contribution in [0.25, 0.3) is 26.2 Å². The van der Waals surface area contributed by atoms with Gasteiger partial charge in [0.2, 0.25) is 0 Å². The summed E-state index contributed by atoms with van der Waals surface area (Å²) in [5, 5.41) is 4.80. The molecular weight excluding hydrogens is 398 g/mol. The molecule has 0 saturated heterocycles. The third kappa shape index (κ3) is 3.48. The Morgan fingerprint density at radius 2 is 2.00 bits per heavy atom. The van der Waals surface area contributed by atoms with Crippen molar-refractivity contribution in [2.45, 2.75) is 19.4 Å². The van der Waals surface area contributed by atoms with Crippen LogP contribution in [0.1, 0.15) is 30.8 Å². The number of benzene rings is 1. The van der Waals surface area contributed by atoms with Crippen LogP contribution in [0.2, 0.25) is 0 Å². The van der Waals surface area contributed by atoms with Crippen LogP contribution in [0.3, 0.4) is 0 Å². The van der Waals surface area contributed by atoms with Gasteiger partial charge >= 0.3 is 0 Å². The second kappa shape index (κ2) is 7.71. The number of H-pyrrole nitrogens is 1. The predicted molar refractivity (Wildman–Crippen MR) is 122 cm³/mol. The molecule has 1 aliphatic heterocycles. The molecule has 5 rings (SSSR count). The van der Waals surface area contributed by atoms with Gasteiger partial charge in [-0.3, -0.25) is 4.79 Å². The largest absolute Gasteiger partial charge is 0.323 e. The molecule has 0 amide bonds. The molecule has 2 atom stereocenters. The Bertz CT molecular complexity index is 1220. The second-order valence-corrected chi connectivity index (χ2v) is 9.24. The number of rotatable bonds is 4. The van der Waals surface area contributed by atoms with E-state index >= 15 is 0 Å². The lowest BCUT2D eigenvalue weighted by atomic mass is 9.99.